The number of benzene rings is 1. The van der Waals surface area contributed by atoms with Crippen LogP contribution in [0.5, 0.6) is 11.5 Å². The summed E-state index contributed by atoms with van der Waals surface area (Å²) in [5.74, 6) is 0.989. The number of amides is 2. The molecular formula is C23H32N4O6S. The number of piperidine rings is 1. The summed E-state index contributed by atoms with van der Waals surface area (Å²) in [7, 11) is -3.66. The van der Waals surface area contributed by atoms with E-state index in [9.17, 15) is 18.0 Å². The number of nitrogens with one attached hydrogen (secondary N) is 1. The molecule has 2 saturated heterocycles. The summed E-state index contributed by atoms with van der Waals surface area (Å²) in [5, 5.41) is 3.00. The van der Waals surface area contributed by atoms with Crippen molar-refractivity contribution < 1.29 is 27.5 Å². The van der Waals surface area contributed by atoms with Gasteiger partial charge in [0, 0.05) is 57.3 Å². The van der Waals surface area contributed by atoms with Gasteiger partial charge >= 0.3 is 0 Å². The molecule has 0 aromatic heterocycles. The lowest BCUT2D eigenvalue weighted by Gasteiger charge is -2.38. The zero-order valence-corrected chi connectivity index (χ0v) is 20.1. The van der Waals surface area contributed by atoms with Gasteiger partial charge in [0.25, 0.3) is 0 Å². The second-order valence-corrected chi connectivity index (χ2v) is 11.4. The van der Waals surface area contributed by atoms with Gasteiger partial charge in [-0.25, -0.2) is 8.42 Å². The highest BCUT2D eigenvalue weighted by Crippen LogP contribution is 2.34. The Kier molecular flexibility index (Phi) is 6.67. The molecule has 1 aromatic rings. The number of piperazine rings is 1. The topological polar surface area (TPSA) is 108 Å². The average molecular weight is 493 g/mol. The zero-order valence-electron chi connectivity index (χ0n) is 19.3. The van der Waals surface area contributed by atoms with Crippen molar-refractivity contribution in [3.8, 4) is 11.5 Å². The Hall–Kier alpha value is -2.37. The molecule has 1 saturated carbocycles. The third-order valence-electron chi connectivity index (χ3n) is 6.95. The second kappa shape index (κ2) is 9.71. The number of fused-ring (bicyclic) bond motifs is 1. The molecular weight excluding hydrogens is 460 g/mol. The standard InChI is InChI=1S/C23H32N4O6S/c28-22(24-18-1-2-18)16-25-9-11-26(12-10-25)23(29)17-5-7-27(8-6-17)34(30,31)19-3-4-20-21(15-19)33-14-13-32-20/h3-4,15,17-18H,1-2,5-14,16H2,(H,24,28). The van der Waals surface area contributed by atoms with Crippen LogP contribution in [0.15, 0.2) is 23.1 Å². The molecule has 0 bridgehead atoms. The lowest BCUT2D eigenvalue weighted by atomic mass is 9.96. The van der Waals surface area contributed by atoms with Gasteiger partial charge in [-0.15, -0.1) is 0 Å². The van der Waals surface area contributed by atoms with Gasteiger partial charge in [0.05, 0.1) is 11.4 Å². The van der Waals surface area contributed by atoms with Crippen molar-refractivity contribution in [3.63, 3.8) is 0 Å². The summed E-state index contributed by atoms with van der Waals surface area (Å²) >= 11 is 0. The van der Waals surface area contributed by atoms with E-state index in [-0.39, 0.29) is 22.6 Å². The molecule has 0 atom stereocenters. The summed E-state index contributed by atoms with van der Waals surface area (Å²) in [4.78, 5) is 29.2. The molecule has 1 N–H and O–H groups in total. The molecule has 4 aliphatic rings. The first kappa shape index (κ1) is 23.4. The maximum Gasteiger partial charge on any atom is 0.243 e. The monoisotopic (exact) mass is 492 g/mol. The van der Waals surface area contributed by atoms with Crippen molar-refractivity contribution in [2.45, 2.75) is 36.6 Å². The molecule has 10 nitrogen and oxygen atoms in total. The Labute approximate surface area is 200 Å². The molecule has 1 aromatic carbocycles. The van der Waals surface area contributed by atoms with Crippen LogP contribution in [0.25, 0.3) is 0 Å². The van der Waals surface area contributed by atoms with Crippen molar-refractivity contribution in [1.29, 1.82) is 0 Å². The van der Waals surface area contributed by atoms with Crippen molar-refractivity contribution in [1.82, 2.24) is 19.4 Å². The number of ether oxygens (including phenoxy) is 2. The van der Waals surface area contributed by atoms with Crippen LogP contribution < -0.4 is 14.8 Å². The summed E-state index contributed by atoms with van der Waals surface area (Å²) in [6.07, 6.45) is 3.16. The van der Waals surface area contributed by atoms with E-state index in [1.807, 2.05) is 4.90 Å². The highest BCUT2D eigenvalue weighted by Gasteiger charge is 2.35. The zero-order chi connectivity index (χ0) is 23.7. The molecule has 2 amide bonds. The van der Waals surface area contributed by atoms with Crippen LogP contribution >= 0.6 is 0 Å². The number of sulfonamides is 1. The maximum absolute atomic E-state index is 13.1. The SMILES string of the molecule is O=C(CN1CCN(C(=O)C2CCN(S(=O)(=O)c3ccc4c(c3)OCCO4)CC2)CC1)NC1CC1. The van der Waals surface area contributed by atoms with E-state index in [2.05, 4.69) is 10.2 Å². The average Bonchev–Trinajstić information content (AvgIpc) is 3.67. The number of hydrogen-bond acceptors (Lipinski definition) is 7. The third-order valence-corrected chi connectivity index (χ3v) is 8.84. The number of rotatable bonds is 6. The minimum absolute atomic E-state index is 0.0638. The summed E-state index contributed by atoms with van der Waals surface area (Å²) in [5.41, 5.74) is 0. The molecule has 5 rings (SSSR count). The normalized spacial score (nSPS) is 22.4. The predicted octanol–water partition coefficient (Wildman–Crippen LogP) is 0.281. The largest absolute Gasteiger partial charge is 0.486 e. The van der Waals surface area contributed by atoms with Crippen LogP contribution in [0.3, 0.4) is 0 Å². The Morgan fingerprint density at radius 3 is 2.26 bits per heavy atom. The van der Waals surface area contributed by atoms with Gasteiger partial charge in [-0.3, -0.25) is 14.5 Å². The number of nitrogens with zero attached hydrogens (tertiary/aromatic N) is 3. The van der Waals surface area contributed by atoms with Gasteiger partial charge in [0.15, 0.2) is 11.5 Å². The highest BCUT2D eigenvalue weighted by molar-refractivity contribution is 7.89. The first-order valence-corrected chi connectivity index (χ1v) is 13.5. The molecule has 11 heteroatoms. The van der Waals surface area contributed by atoms with Gasteiger partial charge in [-0.2, -0.15) is 4.31 Å². The maximum atomic E-state index is 13.1. The van der Waals surface area contributed by atoms with Gasteiger partial charge in [-0.1, -0.05) is 0 Å². The predicted molar refractivity (Wildman–Crippen MR) is 123 cm³/mol. The molecule has 0 radical (unpaired) electrons. The molecule has 34 heavy (non-hydrogen) atoms. The molecule has 1 aliphatic carbocycles. The van der Waals surface area contributed by atoms with Crippen molar-refractivity contribution >= 4 is 21.8 Å². The number of hydrogen-bond donors (Lipinski definition) is 1. The second-order valence-electron chi connectivity index (χ2n) is 9.43. The number of carbonyl (C=O) groups is 2. The smallest absolute Gasteiger partial charge is 0.243 e. The van der Waals surface area contributed by atoms with Gasteiger partial charge in [-0.05, 0) is 37.8 Å². The van der Waals surface area contributed by atoms with E-state index in [0.717, 1.165) is 12.8 Å². The molecule has 186 valence electrons. The van der Waals surface area contributed by atoms with Crippen LogP contribution in [-0.4, -0.2) is 99.4 Å². The molecule has 3 heterocycles. The third kappa shape index (κ3) is 5.16. The van der Waals surface area contributed by atoms with Crippen LogP contribution in [0.2, 0.25) is 0 Å². The van der Waals surface area contributed by atoms with Crippen molar-refractivity contribution in [2.75, 3.05) is 59.0 Å². The van der Waals surface area contributed by atoms with E-state index in [0.29, 0.717) is 89.4 Å². The summed E-state index contributed by atoms with van der Waals surface area (Å²) < 4.78 is 38.7. The lowest BCUT2D eigenvalue weighted by Crippen LogP contribution is -2.53. The number of carbonyl (C=O) groups excluding carboxylic acids is 2. The molecule has 0 spiro atoms. The van der Waals surface area contributed by atoms with Gasteiger partial charge < -0.3 is 19.7 Å². The Morgan fingerprint density at radius 1 is 0.912 bits per heavy atom. The van der Waals surface area contributed by atoms with E-state index in [4.69, 9.17) is 9.47 Å². The van der Waals surface area contributed by atoms with Crippen molar-refractivity contribution in [3.05, 3.63) is 18.2 Å². The molecule has 3 aliphatic heterocycles. The summed E-state index contributed by atoms with van der Waals surface area (Å²) in [6.45, 7) is 4.42. The van der Waals surface area contributed by atoms with E-state index < -0.39 is 10.0 Å². The Bertz CT molecular complexity index is 1030. The quantitative estimate of drug-likeness (QED) is 0.608. The fraction of sp³-hybridized carbons (Fsp3) is 0.652. The molecule has 0 unspecified atom stereocenters. The first-order valence-electron chi connectivity index (χ1n) is 12.1. The van der Waals surface area contributed by atoms with Crippen LogP contribution in [-0.2, 0) is 19.6 Å². The summed E-state index contributed by atoms with van der Waals surface area (Å²) in [6, 6.07) is 5.06. The fourth-order valence-electron chi connectivity index (χ4n) is 4.76. The van der Waals surface area contributed by atoms with Crippen molar-refractivity contribution in [2.24, 2.45) is 5.92 Å². The van der Waals surface area contributed by atoms with Crippen LogP contribution in [0.4, 0.5) is 0 Å². The van der Waals surface area contributed by atoms with E-state index in [1.165, 1.54) is 10.4 Å². The fourth-order valence-corrected chi connectivity index (χ4v) is 6.25. The Balaban J connectivity index is 1.11. The van der Waals surface area contributed by atoms with E-state index >= 15 is 0 Å². The minimum atomic E-state index is -3.66. The van der Waals surface area contributed by atoms with Crippen LogP contribution in [0.1, 0.15) is 25.7 Å². The molecule has 3 fully saturated rings. The van der Waals surface area contributed by atoms with Gasteiger partial charge in [0.1, 0.15) is 13.2 Å². The Morgan fingerprint density at radius 2 is 1.59 bits per heavy atom. The lowest BCUT2D eigenvalue weighted by molar-refractivity contribution is -0.138. The van der Waals surface area contributed by atoms with E-state index in [1.54, 1.807) is 12.1 Å². The first-order chi connectivity index (χ1) is 16.4. The minimum Gasteiger partial charge on any atom is -0.486 e. The van der Waals surface area contributed by atoms with Crippen LogP contribution in [0, 0.1) is 5.92 Å². The van der Waals surface area contributed by atoms with Gasteiger partial charge in [0.2, 0.25) is 21.8 Å². The highest BCUT2D eigenvalue weighted by atomic mass is 32.2.